The quantitative estimate of drug-likeness (QED) is 0.597. The third-order valence-electron chi connectivity index (χ3n) is 3.36. The van der Waals surface area contributed by atoms with Crippen molar-refractivity contribution in [3.8, 4) is 5.82 Å². The van der Waals surface area contributed by atoms with Crippen LogP contribution in [0.2, 0.25) is 0 Å². The average Bonchev–Trinajstić information content (AvgIpc) is 2.79. The van der Waals surface area contributed by atoms with E-state index in [2.05, 4.69) is 33.2 Å². The number of imidazole rings is 1. The average molecular weight is 233 g/mol. The van der Waals surface area contributed by atoms with Crippen LogP contribution in [0.3, 0.4) is 0 Å². The summed E-state index contributed by atoms with van der Waals surface area (Å²) in [6.45, 7) is 4.14. The van der Waals surface area contributed by atoms with Gasteiger partial charge in [-0.1, -0.05) is 24.8 Å². The number of allylic oxidation sites excluding steroid dienone is 1. The molecular weight excluding hydrogens is 222 g/mol. The molecule has 0 saturated heterocycles. The van der Waals surface area contributed by atoms with E-state index in [1.807, 2.05) is 30.5 Å². The third kappa shape index (κ3) is 1.13. The molecule has 18 heavy (non-hydrogen) atoms. The first-order chi connectivity index (χ1) is 8.84. The number of benzene rings is 1. The molecule has 0 fully saturated rings. The van der Waals surface area contributed by atoms with Crippen LogP contribution in [-0.2, 0) is 6.42 Å². The van der Waals surface area contributed by atoms with E-state index < -0.39 is 0 Å². The Balaban J connectivity index is 2.18. The van der Waals surface area contributed by atoms with Gasteiger partial charge in [0.2, 0.25) is 0 Å². The number of fused-ring (bicyclic) bond motifs is 5. The van der Waals surface area contributed by atoms with Gasteiger partial charge < -0.3 is 0 Å². The summed E-state index contributed by atoms with van der Waals surface area (Å²) in [4.78, 5) is 9.16. The summed E-state index contributed by atoms with van der Waals surface area (Å²) < 4.78 is 2.11. The molecule has 3 aromatic rings. The van der Waals surface area contributed by atoms with Crippen molar-refractivity contribution in [3.05, 3.63) is 60.6 Å². The van der Waals surface area contributed by atoms with Crippen molar-refractivity contribution in [2.45, 2.75) is 6.42 Å². The number of hydrogen-bond acceptors (Lipinski definition) is 2. The van der Waals surface area contributed by atoms with Crippen molar-refractivity contribution >= 4 is 16.6 Å². The maximum atomic E-state index is 4.66. The van der Waals surface area contributed by atoms with E-state index in [-0.39, 0.29) is 0 Å². The van der Waals surface area contributed by atoms with E-state index in [0.29, 0.717) is 0 Å². The lowest BCUT2D eigenvalue weighted by Crippen LogP contribution is -2.12. The monoisotopic (exact) mass is 233 g/mol. The number of pyridine rings is 1. The molecule has 0 bridgehead atoms. The Hall–Kier alpha value is -2.42. The molecule has 1 aliphatic rings. The van der Waals surface area contributed by atoms with Crippen LogP contribution in [0.1, 0.15) is 11.4 Å². The van der Waals surface area contributed by atoms with Gasteiger partial charge in [-0.2, -0.15) is 0 Å². The standard InChI is InChI=1S/C15H11N3/c1-10-9-11-5-4-8-16-15(11)18-13-7-3-2-6-12(13)17-14(10)18/h2-8H,1,9H2. The van der Waals surface area contributed by atoms with Gasteiger partial charge in [-0.25, -0.2) is 9.97 Å². The second kappa shape index (κ2) is 3.29. The van der Waals surface area contributed by atoms with Crippen molar-refractivity contribution in [2.75, 3.05) is 0 Å². The first-order valence-corrected chi connectivity index (χ1v) is 5.94. The predicted molar refractivity (Wildman–Crippen MR) is 71.6 cm³/mol. The van der Waals surface area contributed by atoms with Gasteiger partial charge in [0.05, 0.1) is 11.0 Å². The van der Waals surface area contributed by atoms with Gasteiger partial charge in [0.15, 0.2) is 0 Å². The molecular formula is C15H11N3. The van der Waals surface area contributed by atoms with Crippen LogP contribution in [0.15, 0.2) is 49.2 Å². The Kier molecular flexibility index (Phi) is 1.75. The van der Waals surface area contributed by atoms with Gasteiger partial charge in [-0.15, -0.1) is 0 Å². The highest BCUT2D eigenvalue weighted by atomic mass is 15.1. The molecule has 0 N–H and O–H groups in total. The highest BCUT2D eigenvalue weighted by Crippen LogP contribution is 2.32. The summed E-state index contributed by atoms with van der Waals surface area (Å²) in [5.41, 5.74) is 4.34. The van der Waals surface area contributed by atoms with Gasteiger partial charge in [-0.3, -0.25) is 4.57 Å². The zero-order chi connectivity index (χ0) is 12.1. The fourth-order valence-electron chi connectivity index (χ4n) is 2.56. The smallest absolute Gasteiger partial charge is 0.142 e. The zero-order valence-corrected chi connectivity index (χ0v) is 9.80. The zero-order valence-electron chi connectivity index (χ0n) is 9.80. The third-order valence-corrected chi connectivity index (χ3v) is 3.36. The number of hydrogen-bond donors (Lipinski definition) is 0. The summed E-state index contributed by atoms with van der Waals surface area (Å²) in [6.07, 6.45) is 2.65. The van der Waals surface area contributed by atoms with Crippen LogP contribution in [0.25, 0.3) is 22.4 Å². The molecule has 0 spiro atoms. The molecule has 0 amide bonds. The summed E-state index contributed by atoms with van der Waals surface area (Å²) in [6, 6.07) is 12.2. The second-order valence-corrected chi connectivity index (χ2v) is 4.53. The maximum absolute atomic E-state index is 4.66. The molecule has 3 nitrogen and oxygen atoms in total. The molecule has 1 aliphatic heterocycles. The maximum Gasteiger partial charge on any atom is 0.142 e. The van der Waals surface area contributed by atoms with Crippen LogP contribution in [0, 0.1) is 0 Å². The van der Waals surface area contributed by atoms with Gasteiger partial charge in [0.1, 0.15) is 11.6 Å². The molecule has 0 aliphatic carbocycles. The number of nitrogens with zero attached hydrogens (tertiary/aromatic N) is 3. The molecule has 4 rings (SSSR count). The lowest BCUT2D eigenvalue weighted by Gasteiger charge is -2.19. The van der Waals surface area contributed by atoms with E-state index >= 15 is 0 Å². The minimum absolute atomic E-state index is 0.826. The summed E-state index contributed by atoms with van der Waals surface area (Å²) in [7, 11) is 0. The van der Waals surface area contributed by atoms with Crippen molar-refractivity contribution in [1.82, 2.24) is 14.5 Å². The lowest BCUT2D eigenvalue weighted by molar-refractivity contribution is 0.927. The van der Waals surface area contributed by atoms with E-state index in [1.165, 1.54) is 5.56 Å². The molecule has 3 heteroatoms. The Morgan fingerprint density at radius 2 is 2.00 bits per heavy atom. The molecule has 86 valence electrons. The molecule has 1 aromatic carbocycles. The molecule has 0 atom stereocenters. The van der Waals surface area contributed by atoms with Crippen LogP contribution >= 0.6 is 0 Å². The lowest BCUT2D eigenvalue weighted by atomic mass is 10.0. The van der Waals surface area contributed by atoms with E-state index in [0.717, 1.165) is 34.7 Å². The fraction of sp³-hybridized carbons (Fsp3) is 0.0667. The normalized spacial score (nSPS) is 13.4. The molecule has 2 aromatic heterocycles. The van der Waals surface area contributed by atoms with Crippen molar-refractivity contribution in [3.63, 3.8) is 0 Å². The van der Waals surface area contributed by atoms with Gasteiger partial charge in [0.25, 0.3) is 0 Å². The minimum atomic E-state index is 0.826. The minimum Gasteiger partial charge on any atom is -0.276 e. The summed E-state index contributed by atoms with van der Waals surface area (Å²) in [5, 5.41) is 0. The Morgan fingerprint density at radius 1 is 1.11 bits per heavy atom. The highest BCUT2D eigenvalue weighted by molar-refractivity contribution is 5.84. The Morgan fingerprint density at radius 3 is 2.94 bits per heavy atom. The van der Waals surface area contributed by atoms with Crippen molar-refractivity contribution < 1.29 is 0 Å². The number of aromatic nitrogens is 3. The molecule has 0 saturated carbocycles. The topological polar surface area (TPSA) is 30.7 Å². The first kappa shape index (κ1) is 9.59. The van der Waals surface area contributed by atoms with Gasteiger partial charge in [0, 0.05) is 12.6 Å². The van der Waals surface area contributed by atoms with Crippen LogP contribution < -0.4 is 0 Å². The van der Waals surface area contributed by atoms with Gasteiger partial charge in [-0.05, 0) is 29.3 Å². The van der Waals surface area contributed by atoms with Crippen LogP contribution in [0.4, 0.5) is 0 Å². The Labute approximate surface area is 104 Å². The van der Waals surface area contributed by atoms with Crippen LogP contribution in [-0.4, -0.2) is 14.5 Å². The number of para-hydroxylation sites is 2. The van der Waals surface area contributed by atoms with E-state index in [1.54, 1.807) is 0 Å². The van der Waals surface area contributed by atoms with E-state index in [9.17, 15) is 0 Å². The van der Waals surface area contributed by atoms with Crippen molar-refractivity contribution in [2.24, 2.45) is 0 Å². The highest BCUT2D eigenvalue weighted by Gasteiger charge is 2.22. The predicted octanol–water partition coefficient (Wildman–Crippen LogP) is 2.99. The SMILES string of the molecule is C=C1Cc2cccnc2-n2c1nc1ccccc12. The number of rotatable bonds is 0. The van der Waals surface area contributed by atoms with Crippen molar-refractivity contribution in [1.29, 1.82) is 0 Å². The summed E-state index contributed by atoms with van der Waals surface area (Å²) in [5.74, 6) is 1.91. The Bertz CT molecular complexity index is 783. The first-order valence-electron chi connectivity index (χ1n) is 5.94. The molecule has 0 unspecified atom stereocenters. The molecule has 3 heterocycles. The van der Waals surface area contributed by atoms with Crippen LogP contribution in [0.5, 0.6) is 0 Å². The van der Waals surface area contributed by atoms with Gasteiger partial charge >= 0.3 is 0 Å². The largest absolute Gasteiger partial charge is 0.276 e. The van der Waals surface area contributed by atoms with E-state index in [4.69, 9.17) is 0 Å². The second-order valence-electron chi connectivity index (χ2n) is 4.53. The fourth-order valence-corrected chi connectivity index (χ4v) is 2.56. The summed E-state index contributed by atoms with van der Waals surface area (Å²) >= 11 is 0. The molecule has 0 radical (unpaired) electrons.